The third-order valence-corrected chi connectivity index (χ3v) is 3.66. The van der Waals surface area contributed by atoms with Crippen LogP contribution in [0.3, 0.4) is 0 Å². The number of anilines is 2. The Morgan fingerprint density at radius 2 is 1.94 bits per heavy atom. The van der Waals surface area contributed by atoms with Gasteiger partial charge in [0, 0.05) is 25.1 Å². The molecule has 0 aliphatic carbocycles. The molecule has 2 heterocycles. The Morgan fingerprint density at radius 1 is 1.33 bits per heavy atom. The molecule has 1 saturated heterocycles. The van der Waals surface area contributed by atoms with Crippen LogP contribution in [-0.4, -0.2) is 33.8 Å². The fourth-order valence-corrected chi connectivity index (χ4v) is 2.23. The summed E-state index contributed by atoms with van der Waals surface area (Å²) in [5.41, 5.74) is 6.32. The van der Waals surface area contributed by atoms with E-state index in [0.717, 1.165) is 49.6 Å². The number of piperidine rings is 1. The molecule has 0 saturated carbocycles. The molecule has 1 aromatic heterocycles. The molecule has 1 aliphatic rings. The zero-order chi connectivity index (χ0) is 13.3. The number of hydrogen-bond acceptors (Lipinski definition) is 5. The van der Waals surface area contributed by atoms with Crippen molar-refractivity contribution in [3.63, 3.8) is 0 Å². The summed E-state index contributed by atoms with van der Waals surface area (Å²) < 4.78 is 0. The van der Waals surface area contributed by atoms with Gasteiger partial charge in [0.2, 0.25) is 0 Å². The van der Waals surface area contributed by atoms with Crippen LogP contribution < -0.4 is 10.6 Å². The molecule has 1 aliphatic heterocycles. The van der Waals surface area contributed by atoms with Crippen LogP contribution in [0.1, 0.15) is 38.1 Å². The van der Waals surface area contributed by atoms with E-state index in [9.17, 15) is 5.11 Å². The van der Waals surface area contributed by atoms with Crippen LogP contribution in [0, 0.1) is 6.92 Å². The maximum atomic E-state index is 9.98. The molecule has 0 aromatic carbocycles. The van der Waals surface area contributed by atoms with Crippen molar-refractivity contribution in [3.8, 4) is 0 Å². The van der Waals surface area contributed by atoms with E-state index in [0.29, 0.717) is 5.82 Å². The summed E-state index contributed by atoms with van der Waals surface area (Å²) in [7, 11) is 0. The lowest BCUT2D eigenvalue weighted by molar-refractivity contribution is 0.0350. The van der Waals surface area contributed by atoms with Crippen LogP contribution in [0.15, 0.2) is 0 Å². The van der Waals surface area contributed by atoms with Crippen LogP contribution in [-0.2, 0) is 6.42 Å². The summed E-state index contributed by atoms with van der Waals surface area (Å²) in [5, 5.41) is 9.98. The number of nitrogens with two attached hydrogens (primary N) is 1. The normalized spacial score (nSPS) is 19.0. The van der Waals surface area contributed by atoms with Crippen LogP contribution in [0.5, 0.6) is 0 Å². The highest BCUT2D eigenvalue weighted by molar-refractivity contribution is 5.56. The summed E-state index contributed by atoms with van der Waals surface area (Å²) in [6.07, 6.45) is 2.30. The highest BCUT2D eigenvalue weighted by Crippen LogP contribution is 2.28. The zero-order valence-electron chi connectivity index (χ0n) is 11.4. The predicted molar refractivity (Wildman–Crippen MR) is 72.6 cm³/mol. The summed E-state index contributed by atoms with van der Waals surface area (Å²) in [6.45, 7) is 7.50. The molecule has 1 aromatic rings. The minimum absolute atomic E-state index is 0.545. The molecule has 0 radical (unpaired) electrons. The molecule has 5 heteroatoms. The lowest BCUT2D eigenvalue weighted by Crippen LogP contribution is -2.43. The fraction of sp³-hybridized carbons (Fsp3) is 0.692. The second-order valence-corrected chi connectivity index (χ2v) is 5.31. The Hall–Kier alpha value is -1.36. The number of nitrogens with zero attached hydrogens (tertiary/aromatic N) is 3. The molecule has 5 nitrogen and oxygen atoms in total. The predicted octanol–water partition coefficient (Wildman–Crippen LogP) is 1.28. The van der Waals surface area contributed by atoms with Crippen molar-refractivity contribution in [1.82, 2.24) is 9.97 Å². The standard InChI is InChI=1S/C13H22N4O/c1-4-10-15-11(14)9(2)12(16-10)17-7-5-13(3,18)6-8-17/h18H,4-8H2,1-3H3,(H2,14,15,16). The Morgan fingerprint density at radius 3 is 2.50 bits per heavy atom. The monoisotopic (exact) mass is 250 g/mol. The van der Waals surface area contributed by atoms with E-state index in [1.165, 1.54) is 0 Å². The van der Waals surface area contributed by atoms with Crippen molar-refractivity contribution in [2.75, 3.05) is 23.7 Å². The lowest BCUT2D eigenvalue weighted by atomic mass is 9.94. The van der Waals surface area contributed by atoms with E-state index >= 15 is 0 Å². The summed E-state index contributed by atoms with van der Waals surface area (Å²) in [6, 6.07) is 0. The second-order valence-electron chi connectivity index (χ2n) is 5.31. The third-order valence-electron chi connectivity index (χ3n) is 3.66. The van der Waals surface area contributed by atoms with Crippen molar-refractivity contribution in [2.24, 2.45) is 0 Å². The molecule has 2 rings (SSSR count). The van der Waals surface area contributed by atoms with Crippen molar-refractivity contribution in [3.05, 3.63) is 11.4 Å². The van der Waals surface area contributed by atoms with Gasteiger partial charge in [-0.25, -0.2) is 9.97 Å². The van der Waals surface area contributed by atoms with Crippen molar-refractivity contribution in [2.45, 2.75) is 45.6 Å². The summed E-state index contributed by atoms with van der Waals surface area (Å²) in [5.74, 6) is 2.27. The molecule has 0 amide bonds. The van der Waals surface area contributed by atoms with Gasteiger partial charge >= 0.3 is 0 Å². The van der Waals surface area contributed by atoms with E-state index in [-0.39, 0.29) is 0 Å². The topological polar surface area (TPSA) is 75.3 Å². The average molecular weight is 250 g/mol. The van der Waals surface area contributed by atoms with Crippen molar-refractivity contribution in [1.29, 1.82) is 0 Å². The van der Waals surface area contributed by atoms with E-state index in [1.807, 2.05) is 20.8 Å². The first kappa shape index (κ1) is 13.1. The first-order valence-electron chi connectivity index (χ1n) is 6.53. The number of aryl methyl sites for hydroxylation is 1. The second kappa shape index (κ2) is 4.72. The maximum absolute atomic E-state index is 9.98. The number of hydrogen-bond donors (Lipinski definition) is 2. The molecule has 1 fully saturated rings. The maximum Gasteiger partial charge on any atom is 0.137 e. The highest BCUT2D eigenvalue weighted by atomic mass is 16.3. The van der Waals surface area contributed by atoms with Crippen molar-refractivity contribution < 1.29 is 5.11 Å². The highest BCUT2D eigenvalue weighted by Gasteiger charge is 2.29. The smallest absolute Gasteiger partial charge is 0.137 e. The van der Waals surface area contributed by atoms with Crippen LogP contribution >= 0.6 is 0 Å². The number of nitrogen functional groups attached to an aromatic ring is 1. The van der Waals surface area contributed by atoms with Gasteiger partial charge < -0.3 is 15.7 Å². The minimum atomic E-state index is -0.545. The lowest BCUT2D eigenvalue weighted by Gasteiger charge is -2.37. The molecule has 100 valence electrons. The van der Waals surface area contributed by atoms with Gasteiger partial charge in [0.1, 0.15) is 17.5 Å². The zero-order valence-corrected chi connectivity index (χ0v) is 11.4. The van der Waals surface area contributed by atoms with Gasteiger partial charge in [0.25, 0.3) is 0 Å². The molecule has 18 heavy (non-hydrogen) atoms. The van der Waals surface area contributed by atoms with E-state index in [2.05, 4.69) is 14.9 Å². The van der Waals surface area contributed by atoms with Gasteiger partial charge in [-0.1, -0.05) is 6.92 Å². The molecule has 3 N–H and O–H groups in total. The minimum Gasteiger partial charge on any atom is -0.390 e. The van der Waals surface area contributed by atoms with Gasteiger partial charge in [-0.2, -0.15) is 0 Å². The van der Waals surface area contributed by atoms with Crippen molar-refractivity contribution >= 4 is 11.6 Å². The first-order chi connectivity index (χ1) is 8.43. The summed E-state index contributed by atoms with van der Waals surface area (Å²) >= 11 is 0. The Balaban J connectivity index is 2.26. The number of rotatable bonds is 2. The first-order valence-corrected chi connectivity index (χ1v) is 6.53. The molecular formula is C13H22N4O. The largest absolute Gasteiger partial charge is 0.390 e. The molecule has 0 spiro atoms. The number of aromatic nitrogens is 2. The SMILES string of the molecule is CCc1nc(N)c(C)c(N2CCC(C)(O)CC2)n1. The molecule has 0 unspecified atom stereocenters. The fourth-order valence-electron chi connectivity index (χ4n) is 2.23. The van der Waals surface area contributed by atoms with Gasteiger partial charge in [-0.15, -0.1) is 0 Å². The number of aliphatic hydroxyl groups is 1. The van der Waals surface area contributed by atoms with Gasteiger partial charge in [-0.3, -0.25) is 0 Å². The van der Waals surface area contributed by atoms with Gasteiger partial charge in [-0.05, 0) is 26.7 Å². The Kier molecular flexibility index (Phi) is 3.43. The average Bonchev–Trinajstić information content (AvgIpc) is 2.33. The molecule has 0 bridgehead atoms. The van der Waals surface area contributed by atoms with Crippen LogP contribution in [0.4, 0.5) is 11.6 Å². The van der Waals surface area contributed by atoms with E-state index in [4.69, 9.17) is 5.73 Å². The van der Waals surface area contributed by atoms with Crippen LogP contribution in [0.2, 0.25) is 0 Å². The van der Waals surface area contributed by atoms with E-state index in [1.54, 1.807) is 0 Å². The Bertz CT molecular complexity index is 435. The quantitative estimate of drug-likeness (QED) is 0.827. The third kappa shape index (κ3) is 2.56. The molecule has 0 atom stereocenters. The van der Waals surface area contributed by atoms with E-state index < -0.39 is 5.60 Å². The van der Waals surface area contributed by atoms with Crippen LogP contribution in [0.25, 0.3) is 0 Å². The summed E-state index contributed by atoms with van der Waals surface area (Å²) in [4.78, 5) is 11.0. The molecular weight excluding hydrogens is 228 g/mol. The van der Waals surface area contributed by atoms with Gasteiger partial charge in [0.15, 0.2) is 0 Å². The van der Waals surface area contributed by atoms with Gasteiger partial charge in [0.05, 0.1) is 5.60 Å². The Labute approximate surface area is 108 Å².